The Bertz CT molecular complexity index is 1180. The van der Waals surface area contributed by atoms with E-state index in [0.717, 1.165) is 11.4 Å². The third-order valence-electron chi connectivity index (χ3n) is 5.63. The molecule has 0 saturated heterocycles. The molecule has 0 aliphatic heterocycles. The van der Waals surface area contributed by atoms with Gasteiger partial charge in [-0.05, 0) is 49.6 Å². The topological polar surface area (TPSA) is 39.4 Å². The Morgan fingerprint density at radius 3 is 2.45 bits per heavy atom. The Labute approximate surface area is 172 Å². The number of rotatable bonds is 4. The molecule has 2 heterocycles. The van der Waals surface area contributed by atoms with E-state index in [4.69, 9.17) is 16.3 Å². The number of alkyl halides is 1. The van der Waals surface area contributed by atoms with Crippen molar-refractivity contribution >= 4 is 17.2 Å². The van der Waals surface area contributed by atoms with Crippen molar-refractivity contribution in [1.29, 1.82) is 0 Å². The van der Waals surface area contributed by atoms with Gasteiger partial charge in [-0.2, -0.15) is 0 Å². The number of fused-ring (bicyclic) bond motifs is 1. The smallest absolute Gasteiger partial charge is 0.203 e. The summed E-state index contributed by atoms with van der Waals surface area (Å²) >= 11 is 6.23. The Morgan fingerprint density at radius 2 is 1.72 bits per heavy atom. The van der Waals surface area contributed by atoms with Gasteiger partial charge in [0.2, 0.25) is 5.65 Å². The maximum Gasteiger partial charge on any atom is 0.203 e. The normalized spacial score (nSPS) is 21.1. The molecule has 1 aliphatic carbocycles. The zero-order chi connectivity index (χ0) is 20.0. The molecule has 6 heteroatoms. The van der Waals surface area contributed by atoms with Crippen LogP contribution in [0, 0.1) is 6.92 Å². The lowest BCUT2D eigenvalue weighted by Gasteiger charge is -2.43. The predicted octanol–water partition coefficient (Wildman–Crippen LogP) is 5.90. The molecule has 2 aromatic heterocycles. The van der Waals surface area contributed by atoms with Crippen molar-refractivity contribution < 1.29 is 9.13 Å². The third-order valence-corrected chi connectivity index (χ3v) is 5.94. The molecule has 2 aromatic carbocycles. The molecule has 5 rings (SSSR count). The number of halogens is 2. The lowest BCUT2D eigenvalue weighted by Crippen LogP contribution is -2.45. The minimum Gasteiger partial charge on any atom is -0.452 e. The number of para-hydroxylation sites is 1. The summed E-state index contributed by atoms with van der Waals surface area (Å²) < 4.78 is 22.0. The van der Waals surface area contributed by atoms with Gasteiger partial charge in [0.1, 0.15) is 17.7 Å². The van der Waals surface area contributed by atoms with Gasteiger partial charge in [-0.1, -0.05) is 53.6 Å². The average molecular weight is 408 g/mol. The van der Waals surface area contributed by atoms with Crippen LogP contribution in [0.5, 0.6) is 11.5 Å². The first kappa shape index (κ1) is 18.1. The lowest BCUT2D eigenvalue weighted by atomic mass is 9.62. The van der Waals surface area contributed by atoms with E-state index >= 15 is 0 Å². The molecule has 4 aromatic rings. The van der Waals surface area contributed by atoms with E-state index in [2.05, 4.69) is 34.5 Å². The van der Waals surface area contributed by atoms with E-state index in [1.807, 2.05) is 41.8 Å². The highest BCUT2D eigenvalue weighted by molar-refractivity contribution is 6.32. The fraction of sp³-hybridized carbons (Fsp3) is 0.217. The number of ether oxygens (including phenoxy) is 1. The molecule has 0 radical (unpaired) electrons. The standard InChI is InChI=1S/C23H19ClFN3O/c1-15-8-10-16(11-9-15)23(13-17(25)14-23)22-27-26-21-20(7-4-12-28(21)22)29-19-6-3-2-5-18(19)24/h2-12,17H,13-14H2,1H3. The minimum atomic E-state index is -0.841. The van der Waals surface area contributed by atoms with Crippen LogP contribution in [-0.2, 0) is 5.41 Å². The second-order valence-electron chi connectivity index (χ2n) is 7.58. The van der Waals surface area contributed by atoms with Gasteiger partial charge in [-0.25, -0.2) is 4.39 Å². The van der Waals surface area contributed by atoms with Gasteiger partial charge in [0.05, 0.1) is 10.4 Å². The van der Waals surface area contributed by atoms with Crippen molar-refractivity contribution in [2.45, 2.75) is 31.4 Å². The molecular weight excluding hydrogens is 389 g/mol. The highest BCUT2D eigenvalue weighted by Gasteiger charge is 2.50. The molecule has 0 bridgehead atoms. The number of hydrogen-bond acceptors (Lipinski definition) is 3. The molecule has 0 atom stereocenters. The van der Waals surface area contributed by atoms with Gasteiger partial charge in [0.15, 0.2) is 5.75 Å². The van der Waals surface area contributed by atoms with Crippen LogP contribution in [0.2, 0.25) is 5.02 Å². The maximum absolute atomic E-state index is 14.1. The van der Waals surface area contributed by atoms with Gasteiger partial charge in [0.25, 0.3) is 0 Å². The molecule has 4 nitrogen and oxygen atoms in total. The van der Waals surface area contributed by atoms with Crippen LogP contribution in [0.15, 0.2) is 66.9 Å². The summed E-state index contributed by atoms with van der Waals surface area (Å²) in [7, 11) is 0. The molecule has 146 valence electrons. The molecule has 1 saturated carbocycles. The number of nitrogens with zero attached hydrogens (tertiary/aromatic N) is 3. The summed E-state index contributed by atoms with van der Waals surface area (Å²) in [4.78, 5) is 0. The third kappa shape index (κ3) is 2.97. The highest BCUT2D eigenvalue weighted by Crippen LogP contribution is 2.50. The van der Waals surface area contributed by atoms with E-state index in [1.54, 1.807) is 12.1 Å². The largest absolute Gasteiger partial charge is 0.452 e. The lowest BCUT2D eigenvalue weighted by molar-refractivity contribution is 0.116. The van der Waals surface area contributed by atoms with Crippen LogP contribution < -0.4 is 4.74 Å². The van der Waals surface area contributed by atoms with Crippen molar-refractivity contribution in [3.8, 4) is 11.5 Å². The first-order valence-electron chi connectivity index (χ1n) is 9.55. The molecule has 29 heavy (non-hydrogen) atoms. The van der Waals surface area contributed by atoms with E-state index in [1.165, 1.54) is 5.56 Å². The van der Waals surface area contributed by atoms with Crippen molar-refractivity contribution in [2.24, 2.45) is 0 Å². The monoisotopic (exact) mass is 407 g/mol. The molecule has 1 aliphatic rings. The first-order valence-corrected chi connectivity index (χ1v) is 9.92. The van der Waals surface area contributed by atoms with Gasteiger partial charge < -0.3 is 4.74 Å². The van der Waals surface area contributed by atoms with Crippen LogP contribution >= 0.6 is 11.6 Å². The van der Waals surface area contributed by atoms with Gasteiger partial charge in [-0.15, -0.1) is 10.2 Å². The summed E-state index contributed by atoms with van der Waals surface area (Å²) in [5, 5.41) is 9.38. The molecule has 1 fully saturated rings. The van der Waals surface area contributed by atoms with Crippen LogP contribution in [0.1, 0.15) is 29.8 Å². The highest BCUT2D eigenvalue weighted by atomic mass is 35.5. The molecular formula is C23H19ClFN3O. The molecule has 0 unspecified atom stereocenters. The number of benzene rings is 2. The summed E-state index contributed by atoms with van der Waals surface area (Å²) in [5.41, 5.74) is 2.32. The second kappa shape index (κ2) is 6.85. The van der Waals surface area contributed by atoms with Gasteiger partial charge in [-0.3, -0.25) is 4.40 Å². The fourth-order valence-corrected chi connectivity index (χ4v) is 4.23. The summed E-state index contributed by atoms with van der Waals surface area (Å²) in [6, 6.07) is 19.2. The van der Waals surface area contributed by atoms with E-state index in [0.29, 0.717) is 35.0 Å². The average Bonchev–Trinajstić information content (AvgIpc) is 3.13. The second-order valence-corrected chi connectivity index (χ2v) is 7.98. The van der Waals surface area contributed by atoms with Crippen LogP contribution in [0.25, 0.3) is 5.65 Å². The quantitative estimate of drug-likeness (QED) is 0.422. The van der Waals surface area contributed by atoms with Crippen molar-refractivity contribution in [1.82, 2.24) is 14.6 Å². The fourth-order valence-electron chi connectivity index (χ4n) is 4.06. The number of hydrogen-bond donors (Lipinski definition) is 0. The number of aromatic nitrogens is 3. The van der Waals surface area contributed by atoms with Crippen LogP contribution in [0.4, 0.5) is 4.39 Å². The van der Waals surface area contributed by atoms with Gasteiger partial charge >= 0.3 is 0 Å². The van der Waals surface area contributed by atoms with Crippen molar-refractivity contribution in [3.63, 3.8) is 0 Å². The SMILES string of the molecule is Cc1ccc(C2(c3nnc4c(Oc5ccccc5Cl)cccn34)CC(F)C2)cc1. The minimum absolute atomic E-state index is 0.395. The Balaban J connectivity index is 1.61. The molecule has 0 amide bonds. The van der Waals surface area contributed by atoms with Gasteiger partial charge in [0, 0.05) is 6.20 Å². The first-order chi connectivity index (χ1) is 14.1. The Morgan fingerprint density at radius 1 is 1.00 bits per heavy atom. The Kier molecular flexibility index (Phi) is 4.28. The summed E-state index contributed by atoms with van der Waals surface area (Å²) in [6.45, 7) is 2.04. The van der Waals surface area contributed by atoms with E-state index < -0.39 is 11.6 Å². The van der Waals surface area contributed by atoms with E-state index in [-0.39, 0.29) is 0 Å². The number of pyridine rings is 1. The van der Waals surface area contributed by atoms with Crippen LogP contribution in [-0.4, -0.2) is 20.8 Å². The Hall–Kier alpha value is -2.92. The van der Waals surface area contributed by atoms with Crippen LogP contribution in [0.3, 0.4) is 0 Å². The maximum atomic E-state index is 14.1. The zero-order valence-corrected chi connectivity index (χ0v) is 16.6. The zero-order valence-electron chi connectivity index (χ0n) is 15.8. The summed E-state index contributed by atoms with van der Waals surface area (Å²) in [6.07, 6.45) is 1.84. The summed E-state index contributed by atoms with van der Waals surface area (Å²) in [5.74, 6) is 1.83. The van der Waals surface area contributed by atoms with Crippen molar-refractivity contribution in [2.75, 3.05) is 0 Å². The van der Waals surface area contributed by atoms with E-state index in [9.17, 15) is 4.39 Å². The van der Waals surface area contributed by atoms with Crippen molar-refractivity contribution in [3.05, 3.63) is 88.8 Å². The number of aryl methyl sites for hydroxylation is 1. The molecule has 0 N–H and O–H groups in total. The predicted molar refractivity (Wildman–Crippen MR) is 111 cm³/mol. The molecule has 0 spiro atoms.